The van der Waals surface area contributed by atoms with Crippen LogP contribution in [0.2, 0.25) is 0 Å². The van der Waals surface area contributed by atoms with Crippen LogP contribution in [-0.2, 0) is 26.8 Å². The number of thiazole rings is 1. The van der Waals surface area contributed by atoms with Crippen LogP contribution in [0.1, 0.15) is 31.5 Å². The minimum atomic E-state index is -3.64. The van der Waals surface area contributed by atoms with Crippen LogP contribution in [0.5, 0.6) is 5.75 Å². The van der Waals surface area contributed by atoms with Crippen LogP contribution < -0.4 is 10.1 Å². The maximum absolute atomic E-state index is 12.5. The summed E-state index contributed by atoms with van der Waals surface area (Å²) in [5, 5.41) is 4.08. The van der Waals surface area contributed by atoms with E-state index in [0.29, 0.717) is 23.7 Å². The van der Waals surface area contributed by atoms with Crippen molar-refractivity contribution in [3.63, 3.8) is 0 Å². The van der Waals surface area contributed by atoms with Gasteiger partial charge in [0.15, 0.2) is 9.84 Å². The summed E-state index contributed by atoms with van der Waals surface area (Å²) < 4.78 is 30.2. The van der Waals surface area contributed by atoms with Gasteiger partial charge in [-0.05, 0) is 44.5 Å². The van der Waals surface area contributed by atoms with Crippen molar-refractivity contribution >= 4 is 32.8 Å². The Bertz CT molecular complexity index is 813. The van der Waals surface area contributed by atoms with Crippen LogP contribution in [0.3, 0.4) is 0 Å². The van der Waals surface area contributed by atoms with E-state index in [1.807, 2.05) is 13.8 Å². The SMILES string of the molecule is CCOc1ccc(NC(=O)C(C)S(=O)(=O)Cc2csc(CC)n2)cc1. The summed E-state index contributed by atoms with van der Waals surface area (Å²) in [6, 6.07) is 6.80. The molecule has 0 bridgehead atoms. The first-order valence-corrected chi connectivity index (χ1v) is 10.6. The zero-order valence-electron chi connectivity index (χ0n) is 14.5. The van der Waals surface area contributed by atoms with Crippen molar-refractivity contribution in [1.82, 2.24) is 4.98 Å². The third kappa shape index (κ3) is 5.27. The smallest absolute Gasteiger partial charge is 0.242 e. The Morgan fingerprint density at radius 3 is 2.52 bits per heavy atom. The van der Waals surface area contributed by atoms with E-state index in [1.165, 1.54) is 18.3 Å². The highest BCUT2D eigenvalue weighted by Crippen LogP contribution is 2.18. The minimum Gasteiger partial charge on any atom is -0.494 e. The predicted octanol–water partition coefficient (Wildman–Crippen LogP) is 3.05. The molecule has 2 aromatic rings. The van der Waals surface area contributed by atoms with Gasteiger partial charge in [-0.15, -0.1) is 11.3 Å². The number of benzene rings is 1. The topological polar surface area (TPSA) is 85.4 Å². The molecule has 136 valence electrons. The molecule has 1 amide bonds. The first-order valence-electron chi connectivity index (χ1n) is 8.04. The second-order valence-electron chi connectivity index (χ2n) is 5.48. The summed E-state index contributed by atoms with van der Waals surface area (Å²) in [5.74, 6) is -0.104. The van der Waals surface area contributed by atoms with Crippen molar-refractivity contribution in [3.8, 4) is 5.75 Å². The van der Waals surface area contributed by atoms with Crippen LogP contribution in [0.25, 0.3) is 0 Å². The normalized spacial score (nSPS) is 12.6. The number of sulfone groups is 1. The zero-order valence-corrected chi connectivity index (χ0v) is 16.1. The summed E-state index contributed by atoms with van der Waals surface area (Å²) in [4.78, 5) is 16.5. The largest absolute Gasteiger partial charge is 0.494 e. The van der Waals surface area contributed by atoms with Crippen LogP contribution >= 0.6 is 11.3 Å². The van der Waals surface area contributed by atoms with Gasteiger partial charge in [-0.25, -0.2) is 13.4 Å². The van der Waals surface area contributed by atoms with Gasteiger partial charge in [0, 0.05) is 11.1 Å². The fourth-order valence-corrected chi connectivity index (χ4v) is 4.16. The van der Waals surface area contributed by atoms with E-state index < -0.39 is 21.0 Å². The average Bonchev–Trinajstić information content (AvgIpc) is 3.03. The highest BCUT2D eigenvalue weighted by atomic mass is 32.2. The van der Waals surface area contributed by atoms with Gasteiger partial charge in [0.2, 0.25) is 5.91 Å². The third-order valence-electron chi connectivity index (χ3n) is 3.59. The standard InChI is InChI=1S/C17H22N2O4S2/c1-4-16-18-14(10-24-16)11-25(21,22)12(3)17(20)19-13-6-8-15(9-7-13)23-5-2/h6-10,12H,4-5,11H2,1-3H3,(H,19,20). The van der Waals surface area contributed by atoms with Gasteiger partial charge in [-0.2, -0.15) is 0 Å². The van der Waals surface area contributed by atoms with Gasteiger partial charge in [0.1, 0.15) is 11.0 Å². The van der Waals surface area contributed by atoms with E-state index in [9.17, 15) is 13.2 Å². The molecule has 0 spiro atoms. The van der Waals surface area contributed by atoms with Gasteiger partial charge < -0.3 is 10.1 Å². The first kappa shape index (κ1) is 19.4. The molecule has 0 aliphatic heterocycles. The van der Waals surface area contributed by atoms with Crippen molar-refractivity contribution in [1.29, 1.82) is 0 Å². The number of hydrogen-bond donors (Lipinski definition) is 1. The van der Waals surface area contributed by atoms with Crippen LogP contribution in [0.4, 0.5) is 5.69 Å². The molecule has 1 aromatic carbocycles. The number of aryl methyl sites for hydroxylation is 1. The maximum atomic E-state index is 12.5. The van der Waals surface area contributed by atoms with Gasteiger partial charge >= 0.3 is 0 Å². The molecule has 0 saturated heterocycles. The second kappa shape index (κ2) is 8.44. The molecule has 6 nitrogen and oxygen atoms in total. The van der Waals surface area contributed by atoms with Gasteiger partial charge in [-0.1, -0.05) is 6.92 Å². The first-order chi connectivity index (χ1) is 11.9. The lowest BCUT2D eigenvalue weighted by Gasteiger charge is -2.13. The third-order valence-corrected chi connectivity index (χ3v) is 6.62. The van der Waals surface area contributed by atoms with Gasteiger partial charge in [-0.3, -0.25) is 4.79 Å². The van der Waals surface area contributed by atoms with Crippen molar-refractivity contribution in [2.75, 3.05) is 11.9 Å². The summed E-state index contributed by atoms with van der Waals surface area (Å²) in [7, 11) is -3.64. The highest BCUT2D eigenvalue weighted by molar-refractivity contribution is 7.92. The Labute approximate surface area is 152 Å². The van der Waals surface area contributed by atoms with E-state index >= 15 is 0 Å². The molecule has 25 heavy (non-hydrogen) atoms. The minimum absolute atomic E-state index is 0.235. The van der Waals surface area contributed by atoms with Crippen LogP contribution in [0.15, 0.2) is 29.6 Å². The number of carbonyl (C=O) groups excluding carboxylic acids is 1. The molecular weight excluding hydrogens is 360 g/mol. The maximum Gasteiger partial charge on any atom is 0.242 e. The number of amides is 1. The van der Waals surface area contributed by atoms with Gasteiger partial charge in [0.25, 0.3) is 0 Å². The Hall–Kier alpha value is -1.93. The quantitative estimate of drug-likeness (QED) is 0.758. The molecule has 0 fully saturated rings. The van der Waals surface area contributed by atoms with E-state index in [0.717, 1.165) is 11.4 Å². The lowest BCUT2D eigenvalue weighted by atomic mass is 10.3. The number of carbonyl (C=O) groups is 1. The Morgan fingerprint density at radius 2 is 1.96 bits per heavy atom. The van der Waals surface area contributed by atoms with E-state index in [-0.39, 0.29) is 5.75 Å². The van der Waals surface area contributed by atoms with E-state index in [2.05, 4.69) is 10.3 Å². The molecule has 0 aliphatic rings. The molecule has 1 N–H and O–H groups in total. The lowest BCUT2D eigenvalue weighted by Crippen LogP contribution is -2.33. The van der Waals surface area contributed by atoms with Gasteiger partial charge in [0.05, 0.1) is 23.1 Å². The molecule has 8 heteroatoms. The number of nitrogens with zero attached hydrogens (tertiary/aromatic N) is 1. The summed E-state index contributed by atoms with van der Waals surface area (Å²) in [5.41, 5.74) is 1.01. The fraction of sp³-hybridized carbons (Fsp3) is 0.412. The Morgan fingerprint density at radius 1 is 1.28 bits per heavy atom. The molecule has 1 aromatic heterocycles. The fourth-order valence-electron chi connectivity index (χ4n) is 2.12. The van der Waals surface area contributed by atoms with Crippen molar-refractivity contribution in [2.24, 2.45) is 0 Å². The molecule has 1 heterocycles. The van der Waals surface area contributed by atoms with Crippen LogP contribution in [0, 0.1) is 0 Å². The molecular formula is C17H22N2O4S2. The number of nitrogens with one attached hydrogen (secondary N) is 1. The zero-order chi connectivity index (χ0) is 18.4. The molecule has 0 radical (unpaired) electrons. The molecule has 0 aliphatic carbocycles. The van der Waals surface area contributed by atoms with Crippen molar-refractivity contribution < 1.29 is 17.9 Å². The summed E-state index contributed by atoms with van der Waals surface area (Å²) in [6.07, 6.45) is 0.762. The number of aromatic nitrogens is 1. The molecule has 1 unspecified atom stereocenters. The number of ether oxygens (including phenoxy) is 1. The Kier molecular flexibility index (Phi) is 6.55. The molecule has 2 rings (SSSR count). The van der Waals surface area contributed by atoms with Crippen molar-refractivity contribution in [3.05, 3.63) is 40.3 Å². The average molecular weight is 383 g/mol. The predicted molar refractivity (Wildman–Crippen MR) is 99.8 cm³/mol. The summed E-state index contributed by atoms with van der Waals surface area (Å²) in [6.45, 7) is 5.79. The van der Waals surface area contributed by atoms with Crippen molar-refractivity contribution in [2.45, 2.75) is 38.2 Å². The second-order valence-corrected chi connectivity index (χ2v) is 8.75. The summed E-state index contributed by atoms with van der Waals surface area (Å²) >= 11 is 1.43. The Balaban J connectivity index is 2.02. The number of hydrogen-bond acceptors (Lipinski definition) is 6. The number of rotatable bonds is 8. The molecule has 0 saturated carbocycles. The molecule has 1 atom stereocenters. The highest BCUT2D eigenvalue weighted by Gasteiger charge is 2.29. The van der Waals surface area contributed by atoms with E-state index in [1.54, 1.807) is 29.6 Å². The lowest BCUT2D eigenvalue weighted by molar-refractivity contribution is -0.115. The number of anilines is 1. The van der Waals surface area contributed by atoms with E-state index in [4.69, 9.17) is 4.74 Å². The van der Waals surface area contributed by atoms with Crippen LogP contribution in [-0.4, -0.2) is 31.2 Å². The monoisotopic (exact) mass is 382 g/mol.